The minimum atomic E-state index is -0.158. The van der Waals surface area contributed by atoms with Crippen LogP contribution in [0.15, 0.2) is 22.7 Å². The summed E-state index contributed by atoms with van der Waals surface area (Å²) < 4.78 is 14.2. The average Bonchev–Trinajstić information content (AvgIpc) is 2.21. The Bertz CT molecular complexity index is 309. The second kappa shape index (κ2) is 6.99. The quantitative estimate of drug-likeness (QED) is 0.810. The number of nitrogens with one attached hydrogen (secondary N) is 1. The summed E-state index contributed by atoms with van der Waals surface area (Å²) in [6.07, 6.45) is 1.07. The van der Waals surface area contributed by atoms with E-state index in [0.717, 1.165) is 24.0 Å². The summed E-state index contributed by atoms with van der Waals surface area (Å²) in [5.74, 6) is -0.158. The Morgan fingerprint density at radius 3 is 2.75 bits per heavy atom. The van der Waals surface area contributed by atoms with Gasteiger partial charge in [0.15, 0.2) is 0 Å². The van der Waals surface area contributed by atoms with Gasteiger partial charge in [-0.25, -0.2) is 4.39 Å². The van der Waals surface area contributed by atoms with Crippen LogP contribution in [-0.4, -0.2) is 32.1 Å². The van der Waals surface area contributed by atoms with E-state index in [1.165, 1.54) is 6.07 Å². The predicted octanol–water partition coefficient (Wildman–Crippen LogP) is 2.63. The fourth-order valence-corrected chi connectivity index (χ4v) is 1.92. The molecule has 0 radical (unpaired) electrons. The third kappa shape index (κ3) is 4.60. The van der Waals surface area contributed by atoms with Gasteiger partial charge in [0, 0.05) is 16.6 Å². The van der Waals surface area contributed by atoms with E-state index in [0.29, 0.717) is 12.1 Å². The number of rotatable bonds is 6. The highest BCUT2D eigenvalue weighted by atomic mass is 79.9. The van der Waals surface area contributed by atoms with Crippen LogP contribution in [0, 0.1) is 5.82 Å². The van der Waals surface area contributed by atoms with Crippen LogP contribution in [0.5, 0.6) is 0 Å². The third-order valence-electron chi connectivity index (χ3n) is 2.32. The normalized spacial score (nSPS) is 11.1. The molecule has 0 aliphatic rings. The van der Waals surface area contributed by atoms with Crippen LogP contribution in [0.4, 0.5) is 4.39 Å². The molecule has 0 amide bonds. The lowest BCUT2D eigenvalue weighted by Crippen LogP contribution is -2.21. The lowest BCUT2D eigenvalue weighted by molar-refractivity contribution is 0.394. The molecule has 0 unspecified atom stereocenters. The van der Waals surface area contributed by atoms with Crippen molar-refractivity contribution in [3.63, 3.8) is 0 Å². The van der Waals surface area contributed by atoms with E-state index >= 15 is 0 Å². The highest BCUT2D eigenvalue weighted by Gasteiger charge is 2.05. The summed E-state index contributed by atoms with van der Waals surface area (Å²) in [6.45, 7) is 2.52. The second-order valence-electron chi connectivity index (χ2n) is 4.03. The molecule has 4 heteroatoms. The number of nitrogens with zero attached hydrogens (tertiary/aromatic N) is 1. The van der Waals surface area contributed by atoms with Gasteiger partial charge in [-0.3, -0.25) is 0 Å². The zero-order valence-electron chi connectivity index (χ0n) is 9.76. The van der Waals surface area contributed by atoms with E-state index < -0.39 is 0 Å². The van der Waals surface area contributed by atoms with Crippen molar-refractivity contribution in [1.29, 1.82) is 0 Å². The number of halogens is 2. The van der Waals surface area contributed by atoms with E-state index in [1.807, 2.05) is 20.2 Å². The van der Waals surface area contributed by atoms with Crippen LogP contribution in [0.3, 0.4) is 0 Å². The van der Waals surface area contributed by atoms with Gasteiger partial charge in [0.2, 0.25) is 0 Å². The molecule has 0 aliphatic carbocycles. The molecule has 0 aromatic heterocycles. The fraction of sp³-hybridized carbons (Fsp3) is 0.500. The molecule has 90 valence electrons. The first-order valence-corrected chi connectivity index (χ1v) is 6.19. The number of hydrogen-bond acceptors (Lipinski definition) is 2. The fourth-order valence-electron chi connectivity index (χ4n) is 1.43. The Morgan fingerprint density at radius 1 is 1.38 bits per heavy atom. The molecule has 2 nitrogen and oxygen atoms in total. The van der Waals surface area contributed by atoms with Gasteiger partial charge in [-0.05, 0) is 45.7 Å². The Hall–Kier alpha value is -0.450. The molecule has 0 saturated heterocycles. The molecule has 0 spiro atoms. The van der Waals surface area contributed by atoms with Gasteiger partial charge in [0.25, 0.3) is 0 Å². The van der Waals surface area contributed by atoms with Crippen molar-refractivity contribution in [2.45, 2.75) is 13.0 Å². The third-order valence-corrected chi connectivity index (χ3v) is 3.07. The molecular formula is C12H18BrFN2. The van der Waals surface area contributed by atoms with Crippen LogP contribution in [0.25, 0.3) is 0 Å². The Morgan fingerprint density at radius 2 is 2.12 bits per heavy atom. The number of hydrogen-bond donors (Lipinski definition) is 1. The lowest BCUT2D eigenvalue weighted by atomic mass is 10.2. The Balaban J connectivity index is 2.32. The highest BCUT2D eigenvalue weighted by Crippen LogP contribution is 2.19. The van der Waals surface area contributed by atoms with E-state index in [2.05, 4.69) is 26.1 Å². The van der Waals surface area contributed by atoms with Crippen molar-refractivity contribution in [3.8, 4) is 0 Å². The molecule has 1 N–H and O–H groups in total. The first-order valence-electron chi connectivity index (χ1n) is 5.39. The van der Waals surface area contributed by atoms with Crippen LogP contribution >= 0.6 is 15.9 Å². The Kier molecular flexibility index (Phi) is 5.95. The van der Waals surface area contributed by atoms with Crippen molar-refractivity contribution in [2.24, 2.45) is 0 Å². The van der Waals surface area contributed by atoms with Crippen LogP contribution in [0.2, 0.25) is 0 Å². The van der Waals surface area contributed by atoms with Crippen LogP contribution < -0.4 is 5.32 Å². The molecule has 0 bridgehead atoms. The summed E-state index contributed by atoms with van der Waals surface area (Å²) in [4.78, 5) is 2.14. The van der Waals surface area contributed by atoms with E-state index in [-0.39, 0.29) is 5.82 Å². The van der Waals surface area contributed by atoms with Crippen molar-refractivity contribution in [2.75, 3.05) is 27.2 Å². The minimum absolute atomic E-state index is 0.158. The van der Waals surface area contributed by atoms with Crippen LogP contribution in [-0.2, 0) is 6.54 Å². The van der Waals surface area contributed by atoms with E-state index in [1.54, 1.807) is 6.07 Å². The summed E-state index contributed by atoms with van der Waals surface area (Å²) in [5, 5.41) is 3.24. The first kappa shape index (κ1) is 13.6. The van der Waals surface area contributed by atoms with Gasteiger partial charge in [0.1, 0.15) is 5.82 Å². The van der Waals surface area contributed by atoms with Crippen LogP contribution in [0.1, 0.15) is 12.0 Å². The molecule has 1 rings (SSSR count). The smallest absolute Gasteiger partial charge is 0.128 e. The average molecular weight is 289 g/mol. The summed E-state index contributed by atoms with van der Waals surface area (Å²) in [6, 6.07) is 5.05. The zero-order chi connectivity index (χ0) is 12.0. The van der Waals surface area contributed by atoms with Gasteiger partial charge in [-0.2, -0.15) is 0 Å². The molecule has 0 saturated carbocycles. The Labute approximate surface area is 105 Å². The molecule has 0 fully saturated rings. The molecule has 0 atom stereocenters. The highest BCUT2D eigenvalue weighted by molar-refractivity contribution is 9.10. The first-order chi connectivity index (χ1) is 7.61. The molecule has 16 heavy (non-hydrogen) atoms. The van der Waals surface area contributed by atoms with E-state index in [9.17, 15) is 4.39 Å². The second-order valence-corrected chi connectivity index (χ2v) is 4.89. The predicted molar refractivity (Wildman–Crippen MR) is 69.0 cm³/mol. The van der Waals surface area contributed by atoms with Gasteiger partial charge in [-0.15, -0.1) is 0 Å². The monoisotopic (exact) mass is 288 g/mol. The molecule has 0 heterocycles. The summed E-state index contributed by atoms with van der Waals surface area (Å²) in [5.41, 5.74) is 0.701. The van der Waals surface area contributed by atoms with Gasteiger partial charge >= 0.3 is 0 Å². The van der Waals surface area contributed by atoms with Crippen molar-refractivity contribution in [1.82, 2.24) is 10.2 Å². The molecule has 1 aromatic rings. The molecule has 0 aliphatic heterocycles. The largest absolute Gasteiger partial charge is 0.312 e. The van der Waals surface area contributed by atoms with Gasteiger partial charge < -0.3 is 10.2 Å². The maximum Gasteiger partial charge on any atom is 0.128 e. The minimum Gasteiger partial charge on any atom is -0.312 e. The zero-order valence-corrected chi connectivity index (χ0v) is 11.3. The maximum absolute atomic E-state index is 13.4. The lowest BCUT2D eigenvalue weighted by Gasteiger charge is -2.10. The van der Waals surface area contributed by atoms with Gasteiger partial charge in [-0.1, -0.05) is 22.0 Å². The van der Waals surface area contributed by atoms with Gasteiger partial charge in [0.05, 0.1) is 0 Å². The maximum atomic E-state index is 13.4. The van der Waals surface area contributed by atoms with E-state index in [4.69, 9.17) is 0 Å². The van der Waals surface area contributed by atoms with Crippen molar-refractivity contribution in [3.05, 3.63) is 34.1 Å². The van der Waals surface area contributed by atoms with Crippen molar-refractivity contribution >= 4 is 15.9 Å². The molecular weight excluding hydrogens is 271 g/mol. The SMILES string of the molecule is CN(C)CCCNCc1c(F)cccc1Br. The topological polar surface area (TPSA) is 15.3 Å². The molecule has 1 aromatic carbocycles. The van der Waals surface area contributed by atoms with Crippen molar-refractivity contribution < 1.29 is 4.39 Å². The number of benzene rings is 1. The standard InChI is InChI=1S/C12H18BrFN2/c1-16(2)8-4-7-15-9-10-11(13)5-3-6-12(10)14/h3,5-6,15H,4,7-9H2,1-2H3. The summed E-state index contributed by atoms with van der Waals surface area (Å²) in [7, 11) is 4.10. The summed E-state index contributed by atoms with van der Waals surface area (Å²) >= 11 is 3.35.